The zero-order chi connectivity index (χ0) is 14.0. The molecule has 4 nitrogen and oxygen atoms in total. The van der Waals surface area contributed by atoms with E-state index < -0.39 is 10.0 Å². The molecule has 2 aromatic rings. The van der Waals surface area contributed by atoms with Gasteiger partial charge in [0.15, 0.2) is 5.13 Å². The molecule has 0 aliphatic rings. The highest BCUT2D eigenvalue weighted by Crippen LogP contribution is 2.23. The van der Waals surface area contributed by atoms with Crippen molar-refractivity contribution in [2.24, 2.45) is 0 Å². The number of thiazole rings is 1. The zero-order valence-electron chi connectivity index (χ0n) is 11.1. The summed E-state index contributed by atoms with van der Waals surface area (Å²) in [5, 5.41) is 0.434. The predicted molar refractivity (Wildman–Crippen MR) is 79.0 cm³/mol. The van der Waals surface area contributed by atoms with Crippen LogP contribution in [-0.4, -0.2) is 13.4 Å². The number of nitrogens with zero attached hydrogens (tertiary/aromatic N) is 1. The van der Waals surface area contributed by atoms with Crippen LogP contribution in [0.1, 0.15) is 21.7 Å². The molecule has 0 atom stereocenters. The highest BCUT2D eigenvalue weighted by Gasteiger charge is 2.15. The van der Waals surface area contributed by atoms with E-state index in [1.807, 2.05) is 45.0 Å². The lowest BCUT2D eigenvalue weighted by molar-refractivity contribution is 0.600. The first-order chi connectivity index (χ1) is 8.87. The second-order valence-corrected chi connectivity index (χ2v) is 7.37. The lowest BCUT2D eigenvalue weighted by atomic mass is 10.1. The van der Waals surface area contributed by atoms with Crippen molar-refractivity contribution >= 4 is 26.5 Å². The van der Waals surface area contributed by atoms with Crippen molar-refractivity contribution in [2.45, 2.75) is 26.5 Å². The molecule has 0 amide bonds. The molecule has 1 heterocycles. The Morgan fingerprint density at radius 2 is 1.89 bits per heavy atom. The van der Waals surface area contributed by atoms with E-state index in [-0.39, 0.29) is 5.75 Å². The van der Waals surface area contributed by atoms with E-state index in [0.717, 1.165) is 21.7 Å². The SMILES string of the molecule is Cc1ccccc1CS(=O)(=O)Nc1nc(C)c(C)s1. The van der Waals surface area contributed by atoms with Crippen LogP contribution in [0.25, 0.3) is 0 Å². The van der Waals surface area contributed by atoms with Crippen molar-refractivity contribution in [3.05, 3.63) is 46.0 Å². The van der Waals surface area contributed by atoms with Crippen LogP contribution in [0.5, 0.6) is 0 Å². The van der Waals surface area contributed by atoms with Crippen molar-refractivity contribution in [3.63, 3.8) is 0 Å². The lowest BCUT2D eigenvalue weighted by Crippen LogP contribution is -2.15. The van der Waals surface area contributed by atoms with Crippen LogP contribution < -0.4 is 4.72 Å². The van der Waals surface area contributed by atoms with Crippen LogP contribution >= 0.6 is 11.3 Å². The standard InChI is InChI=1S/C13H16N2O2S2/c1-9-6-4-5-7-12(9)8-19(16,17)15-13-14-10(2)11(3)18-13/h4-7H,8H2,1-3H3,(H,14,15). The van der Waals surface area contributed by atoms with Gasteiger partial charge in [-0.3, -0.25) is 4.72 Å². The van der Waals surface area contributed by atoms with Gasteiger partial charge < -0.3 is 0 Å². The van der Waals surface area contributed by atoms with Gasteiger partial charge in [0, 0.05) is 4.88 Å². The van der Waals surface area contributed by atoms with Gasteiger partial charge >= 0.3 is 0 Å². The van der Waals surface area contributed by atoms with Gasteiger partial charge in [0.1, 0.15) is 0 Å². The number of rotatable bonds is 4. The molecule has 0 aliphatic carbocycles. The van der Waals surface area contributed by atoms with Gasteiger partial charge in [-0.2, -0.15) is 0 Å². The van der Waals surface area contributed by atoms with Crippen molar-refractivity contribution < 1.29 is 8.42 Å². The number of nitrogens with one attached hydrogen (secondary N) is 1. The number of aromatic nitrogens is 1. The molecule has 1 aromatic carbocycles. The maximum absolute atomic E-state index is 12.1. The second kappa shape index (κ2) is 5.30. The molecule has 2 rings (SSSR count). The Bertz CT molecular complexity index is 671. The largest absolute Gasteiger partial charge is 0.258 e. The van der Waals surface area contributed by atoms with Crippen LogP contribution in [0.2, 0.25) is 0 Å². The normalized spacial score (nSPS) is 11.5. The highest BCUT2D eigenvalue weighted by atomic mass is 32.2. The van der Waals surface area contributed by atoms with E-state index in [0.29, 0.717) is 5.13 Å². The van der Waals surface area contributed by atoms with Gasteiger partial charge in [-0.1, -0.05) is 24.3 Å². The molecule has 0 aliphatic heterocycles. The molecule has 0 spiro atoms. The molecule has 0 bridgehead atoms. The Labute approximate surface area is 117 Å². The summed E-state index contributed by atoms with van der Waals surface area (Å²) in [6.07, 6.45) is 0. The third kappa shape index (κ3) is 3.54. The monoisotopic (exact) mass is 296 g/mol. The molecule has 102 valence electrons. The number of sulfonamides is 1. The minimum Gasteiger partial charge on any atom is -0.258 e. The number of benzene rings is 1. The Balaban J connectivity index is 2.18. The quantitative estimate of drug-likeness (QED) is 0.943. The van der Waals surface area contributed by atoms with Crippen molar-refractivity contribution in [1.82, 2.24) is 4.98 Å². The van der Waals surface area contributed by atoms with Gasteiger partial charge in [-0.25, -0.2) is 13.4 Å². The van der Waals surface area contributed by atoms with Gasteiger partial charge in [-0.15, -0.1) is 11.3 Å². The summed E-state index contributed by atoms with van der Waals surface area (Å²) in [5.74, 6) is -0.0304. The van der Waals surface area contributed by atoms with E-state index in [9.17, 15) is 8.42 Å². The topological polar surface area (TPSA) is 59.1 Å². The summed E-state index contributed by atoms with van der Waals surface area (Å²) in [6.45, 7) is 5.69. The molecule has 6 heteroatoms. The number of anilines is 1. The van der Waals surface area contributed by atoms with E-state index in [1.165, 1.54) is 11.3 Å². The van der Waals surface area contributed by atoms with E-state index in [1.54, 1.807) is 0 Å². The van der Waals surface area contributed by atoms with Gasteiger partial charge in [0.05, 0.1) is 11.4 Å². The molecule has 19 heavy (non-hydrogen) atoms. The molecule has 1 N–H and O–H groups in total. The Morgan fingerprint density at radius 1 is 1.21 bits per heavy atom. The number of aryl methyl sites for hydroxylation is 3. The Hall–Kier alpha value is -1.40. The summed E-state index contributed by atoms with van der Waals surface area (Å²) in [4.78, 5) is 5.21. The van der Waals surface area contributed by atoms with Crippen LogP contribution in [0.3, 0.4) is 0 Å². The maximum Gasteiger partial charge on any atom is 0.238 e. The fraction of sp³-hybridized carbons (Fsp3) is 0.308. The third-order valence-electron chi connectivity index (χ3n) is 2.88. The summed E-state index contributed by atoms with van der Waals surface area (Å²) < 4.78 is 26.7. The smallest absolute Gasteiger partial charge is 0.238 e. The average Bonchev–Trinajstić information content (AvgIpc) is 2.60. The molecular formula is C13H16N2O2S2. The number of hydrogen-bond donors (Lipinski definition) is 1. The first-order valence-electron chi connectivity index (χ1n) is 5.86. The predicted octanol–water partition coefficient (Wildman–Crippen LogP) is 3.01. The molecule has 0 radical (unpaired) electrons. The van der Waals surface area contributed by atoms with Gasteiger partial charge in [-0.05, 0) is 31.9 Å². The summed E-state index contributed by atoms with van der Waals surface area (Å²) in [7, 11) is -3.42. The van der Waals surface area contributed by atoms with E-state index in [4.69, 9.17) is 0 Å². The number of hydrogen-bond acceptors (Lipinski definition) is 4. The molecule has 0 unspecified atom stereocenters. The molecular weight excluding hydrogens is 280 g/mol. The first kappa shape index (κ1) is 14.0. The summed E-state index contributed by atoms with van der Waals surface area (Å²) >= 11 is 1.35. The van der Waals surface area contributed by atoms with Crippen molar-refractivity contribution in [2.75, 3.05) is 4.72 Å². The average molecular weight is 296 g/mol. The molecule has 0 saturated carbocycles. The van der Waals surface area contributed by atoms with Gasteiger partial charge in [0.2, 0.25) is 10.0 Å². The molecule has 0 fully saturated rings. The fourth-order valence-corrected chi connectivity index (χ4v) is 3.99. The molecule has 0 saturated heterocycles. The first-order valence-corrected chi connectivity index (χ1v) is 8.33. The lowest BCUT2D eigenvalue weighted by Gasteiger charge is -2.07. The highest BCUT2D eigenvalue weighted by molar-refractivity contribution is 7.92. The summed E-state index contributed by atoms with van der Waals surface area (Å²) in [5.41, 5.74) is 2.64. The van der Waals surface area contributed by atoms with Crippen LogP contribution in [0.15, 0.2) is 24.3 Å². The fourth-order valence-electron chi connectivity index (χ4n) is 1.66. The Morgan fingerprint density at radius 3 is 2.47 bits per heavy atom. The van der Waals surface area contributed by atoms with Crippen LogP contribution in [0.4, 0.5) is 5.13 Å². The van der Waals surface area contributed by atoms with Crippen LogP contribution in [0, 0.1) is 20.8 Å². The minimum atomic E-state index is -3.42. The van der Waals surface area contributed by atoms with Crippen molar-refractivity contribution in [3.8, 4) is 0 Å². The van der Waals surface area contributed by atoms with Gasteiger partial charge in [0.25, 0.3) is 0 Å². The van der Waals surface area contributed by atoms with E-state index in [2.05, 4.69) is 9.71 Å². The maximum atomic E-state index is 12.1. The Kier molecular flexibility index (Phi) is 3.91. The summed E-state index contributed by atoms with van der Waals surface area (Å²) in [6, 6.07) is 7.47. The minimum absolute atomic E-state index is 0.0304. The van der Waals surface area contributed by atoms with Crippen molar-refractivity contribution in [1.29, 1.82) is 0 Å². The molecule has 1 aromatic heterocycles. The third-order valence-corrected chi connectivity index (χ3v) is 5.19. The zero-order valence-corrected chi connectivity index (χ0v) is 12.7. The van der Waals surface area contributed by atoms with E-state index >= 15 is 0 Å². The van der Waals surface area contributed by atoms with Crippen LogP contribution in [-0.2, 0) is 15.8 Å². The second-order valence-electron chi connectivity index (χ2n) is 4.45.